The molecule has 3 rings (SSSR count). The second kappa shape index (κ2) is 5.13. The predicted octanol–water partition coefficient (Wildman–Crippen LogP) is 4.28. The Morgan fingerprint density at radius 3 is 2.90 bits per heavy atom. The van der Waals surface area contributed by atoms with Crippen molar-refractivity contribution in [3.8, 4) is 0 Å². The van der Waals surface area contributed by atoms with E-state index in [2.05, 4.69) is 28.3 Å². The Labute approximate surface area is 121 Å². The van der Waals surface area contributed by atoms with Crippen molar-refractivity contribution in [1.82, 2.24) is 4.57 Å². The van der Waals surface area contributed by atoms with E-state index in [0.717, 1.165) is 33.7 Å². The fourth-order valence-corrected chi connectivity index (χ4v) is 3.25. The van der Waals surface area contributed by atoms with Crippen LogP contribution in [0.15, 0.2) is 41.8 Å². The Morgan fingerprint density at radius 2 is 2.15 bits per heavy atom. The summed E-state index contributed by atoms with van der Waals surface area (Å²) in [6, 6.07) is 11.9. The molecule has 0 saturated heterocycles. The van der Waals surface area contributed by atoms with Gasteiger partial charge < -0.3 is 9.88 Å². The van der Waals surface area contributed by atoms with Gasteiger partial charge >= 0.3 is 0 Å². The molecule has 0 aliphatic heterocycles. The van der Waals surface area contributed by atoms with Gasteiger partial charge in [0.25, 0.3) is 5.91 Å². The summed E-state index contributed by atoms with van der Waals surface area (Å²) in [7, 11) is 0. The van der Waals surface area contributed by atoms with Crippen LogP contribution in [-0.4, -0.2) is 10.5 Å². The Balaban J connectivity index is 1.94. The zero-order valence-electron chi connectivity index (χ0n) is 11.5. The third-order valence-electron chi connectivity index (χ3n) is 3.35. The van der Waals surface area contributed by atoms with Gasteiger partial charge in [0.1, 0.15) is 5.69 Å². The minimum Gasteiger partial charge on any atom is -0.336 e. The van der Waals surface area contributed by atoms with Crippen LogP contribution < -0.4 is 5.32 Å². The maximum atomic E-state index is 12.4. The van der Waals surface area contributed by atoms with E-state index in [1.807, 2.05) is 37.3 Å². The molecular formula is C16H16N2OS. The van der Waals surface area contributed by atoms with Gasteiger partial charge in [-0.15, -0.1) is 11.3 Å². The van der Waals surface area contributed by atoms with Gasteiger partial charge in [0.05, 0.1) is 10.2 Å². The van der Waals surface area contributed by atoms with E-state index in [9.17, 15) is 4.79 Å². The van der Waals surface area contributed by atoms with Gasteiger partial charge in [0.2, 0.25) is 0 Å². The fourth-order valence-electron chi connectivity index (χ4n) is 2.42. The lowest BCUT2D eigenvalue weighted by molar-refractivity contribution is 0.101. The van der Waals surface area contributed by atoms with Crippen molar-refractivity contribution in [2.75, 3.05) is 5.32 Å². The van der Waals surface area contributed by atoms with Crippen molar-refractivity contribution in [2.45, 2.75) is 20.4 Å². The number of carbonyl (C=O) groups excluding carboxylic acids is 1. The second-order valence-corrected chi connectivity index (χ2v) is 5.72. The molecule has 0 radical (unpaired) electrons. The summed E-state index contributed by atoms with van der Waals surface area (Å²) in [4.78, 5) is 12.4. The summed E-state index contributed by atoms with van der Waals surface area (Å²) in [5, 5.41) is 5.02. The molecule has 0 unspecified atom stereocenters. The van der Waals surface area contributed by atoms with Gasteiger partial charge in [-0.1, -0.05) is 12.1 Å². The second-order valence-electron chi connectivity index (χ2n) is 4.77. The number of nitrogens with zero attached hydrogens (tertiary/aromatic N) is 1. The van der Waals surface area contributed by atoms with Crippen LogP contribution in [0.1, 0.15) is 23.0 Å². The number of benzene rings is 1. The highest BCUT2D eigenvalue weighted by Crippen LogP contribution is 2.25. The topological polar surface area (TPSA) is 34.0 Å². The van der Waals surface area contributed by atoms with Crippen LogP contribution in [0.5, 0.6) is 0 Å². The summed E-state index contributed by atoms with van der Waals surface area (Å²) >= 11 is 1.66. The Hall–Kier alpha value is -2.07. The molecule has 1 aromatic carbocycles. The summed E-state index contributed by atoms with van der Waals surface area (Å²) in [6.07, 6.45) is 0. The fraction of sp³-hybridized carbons (Fsp3) is 0.188. The Bertz CT molecular complexity index is 770. The number of fused-ring (bicyclic) bond motifs is 1. The van der Waals surface area contributed by atoms with Gasteiger partial charge in [-0.2, -0.15) is 0 Å². The first-order chi connectivity index (χ1) is 9.69. The average Bonchev–Trinajstić information content (AvgIpc) is 2.98. The number of hydrogen-bond donors (Lipinski definition) is 1. The largest absolute Gasteiger partial charge is 0.336 e. The molecular weight excluding hydrogens is 268 g/mol. The molecule has 3 nitrogen and oxygen atoms in total. The standard InChI is InChI=1S/C16H16N2OS/c1-3-18-13-7-8-20-15(13)10-14(18)16(19)17-12-6-4-5-11(2)9-12/h4-10H,3H2,1-2H3,(H,17,19). The minimum absolute atomic E-state index is 0.0548. The lowest BCUT2D eigenvalue weighted by atomic mass is 10.2. The molecule has 4 heteroatoms. The molecule has 0 atom stereocenters. The summed E-state index contributed by atoms with van der Waals surface area (Å²) in [6.45, 7) is 4.86. The summed E-state index contributed by atoms with van der Waals surface area (Å²) < 4.78 is 3.21. The monoisotopic (exact) mass is 284 g/mol. The lowest BCUT2D eigenvalue weighted by Gasteiger charge is -2.09. The molecule has 1 N–H and O–H groups in total. The lowest BCUT2D eigenvalue weighted by Crippen LogP contribution is -2.16. The van der Waals surface area contributed by atoms with E-state index in [4.69, 9.17) is 0 Å². The molecule has 1 amide bonds. The summed E-state index contributed by atoms with van der Waals surface area (Å²) in [5.41, 5.74) is 3.82. The number of amides is 1. The number of aromatic nitrogens is 1. The first kappa shape index (κ1) is 12.9. The van der Waals surface area contributed by atoms with E-state index < -0.39 is 0 Å². The number of hydrogen-bond acceptors (Lipinski definition) is 2. The first-order valence-electron chi connectivity index (χ1n) is 6.64. The molecule has 0 spiro atoms. The van der Waals surface area contributed by atoms with Crippen molar-refractivity contribution >= 4 is 33.1 Å². The minimum atomic E-state index is -0.0548. The third-order valence-corrected chi connectivity index (χ3v) is 4.20. The first-order valence-corrected chi connectivity index (χ1v) is 7.51. The molecule has 20 heavy (non-hydrogen) atoms. The molecule has 2 aromatic heterocycles. The van der Waals surface area contributed by atoms with Crippen molar-refractivity contribution in [1.29, 1.82) is 0 Å². The molecule has 0 aliphatic carbocycles. The van der Waals surface area contributed by atoms with Crippen LogP contribution in [0.2, 0.25) is 0 Å². The van der Waals surface area contributed by atoms with Crippen molar-refractivity contribution < 1.29 is 4.79 Å². The maximum Gasteiger partial charge on any atom is 0.272 e. The number of anilines is 1. The quantitative estimate of drug-likeness (QED) is 0.765. The number of carbonyl (C=O) groups is 1. The van der Waals surface area contributed by atoms with Crippen LogP contribution in [0.4, 0.5) is 5.69 Å². The Kier molecular flexibility index (Phi) is 3.32. The summed E-state index contributed by atoms with van der Waals surface area (Å²) in [5.74, 6) is -0.0548. The van der Waals surface area contributed by atoms with Crippen molar-refractivity contribution in [3.63, 3.8) is 0 Å². The maximum absolute atomic E-state index is 12.4. The van der Waals surface area contributed by atoms with Gasteiger partial charge in [-0.25, -0.2) is 0 Å². The smallest absolute Gasteiger partial charge is 0.272 e. The predicted molar refractivity (Wildman–Crippen MR) is 84.6 cm³/mol. The van der Waals surface area contributed by atoms with Gasteiger partial charge in [-0.05, 0) is 49.1 Å². The van der Waals surface area contributed by atoms with Crippen LogP contribution in [0.25, 0.3) is 10.2 Å². The highest BCUT2D eigenvalue weighted by molar-refractivity contribution is 7.17. The SMILES string of the molecule is CCn1c(C(=O)Nc2cccc(C)c2)cc2sccc21. The highest BCUT2D eigenvalue weighted by atomic mass is 32.1. The molecule has 0 bridgehead atoms. The molecule has 3 aromatic rings. The van der Waals surface area contributed by atoms with E-state index >= 15 is 0 Å². The molecule has 102 valence electrons. The zero-order valence-corrected chi connectivity index (χ0v) is 12.3. The number of aryl methyl sites for hydroxylation is 2. The van der Waals surface area contributed by atoms with E-state index in [1.54, 1.807) is 11.3 Å². The van der Waals surface area contributed by atoms with Crippen LogP contribution in [0, 0.1) is 6.92 Å². The zero-order chi connectivity index (χ0) is 14.1. The van der Waals surface area contributed by atoms with E-state index in [1.165, 1.54) is 0 Å². The normalized spacial score (nSPS) is 10.9. The highest BCUT2D eigenvalue weighted by Gasteiger charge is 2.15. The van der Waals surface area contributed by atoms with Gasteiger partial charge in [0.15, 0.2) is 0 Å². The molecule has 0 aliphatic rings. The molecule has 0 fully saturated rings. The van der Waals surface area contributed by atoms with Gasteiger partial charge in [0, 0.05) is 12.2 Å². The van der Waals surface area contributed by atoms with Crippen molar-refractivity contribution in [2.24, 2.45) is 0 Å². The molecule has 2 heterocycles. The van der Waals surface area contributed by atoms with E-state index in [0.29, 0.717) is 0 Å². The van der Waals surface area contributed by atoms with Crippen molar-refractivity contribution in [3.05, 3.63) is 53.0 Å². The van der Waals surface area contributed by atoms with Crippen LogP contribution >= 0.6 is 11.3 Å². The average molecular weight is 284 g/mol. The third kappa shape index (κ3) is 2.23. The van der Waals surface area contributed by atoms with Crippen LogP contribution in [0.3, 0.4) is 0 Å². The number of thiophene rings is 1. The molecule has 0 saturated carbocycles. The van der Waals surface area contributed by atoms with E-state index in [-0.39, 0.29) is 5.91 Å². The van der Waals surface area contributed by atoms with Gasteiger partial charge in [-0.3, -0.25) is 4.79 Å². The van der Waals surface area contributed by atoms with Crippen LogP contribution in [-0.2, 0) is 6.54 Å². The Morgan fingerprint density at radius 1 is 1.30 bits per heavy atom. The number of rotatable bonds is 3. The number of nitrogens with one attached hydrogen (secondary N) is 1.